The highest BCUT2D eigenvalue weighted by atomic mass is 79.9. The number of allylic oxidation sites excluding steroid dienone is 6. The Bertz CT molecular complexity index is 963. The van der Waals surface area contributed by atoms with Crippen LogP contribution in [-0.4, -0.2) is 5.84 Å². The molecule has 0 saturated heterocycles. The average molecular weight is 526 g/mol. The molecule has 7 heteroatoms. The number of benzene rings is 1. The van der Waals surface area contributed by atoms with Crippen LogP contribution in [0.5, 0.6) is 0 Å². The summed E-state index contributed by atoms with van der Waals surface area (Å²) in [4.78, 5) is 4.60. The van der Waals surface area contributed by atoms with Crippen LogP contribution in [0.3, 0.4) is 0 Å². The molecule has 0 spiro atoms. The first-order valence-corrected chi connectivity index (χ1v) is 11.9. The van der Waals surface area contributed by atoms with Gasteiger partial charge in [0, 0.05) is 21.3 Å². The van der Waals surface area contributed by atoms with Crippen LogP contribution in [0.2, 0.25) is 0 Å². The number of nitrogens with zero attached hydrogens (tertiary/aromatic N) is 1. The van der Waals surface area contributed by atoms with Crippen molar-refractivity contribution in [2.75, 3.05) is 0 Å². The molecule has 0 saturated carbocycles. The number of hydrogen-bond acceptors (Lipinski definition) is 2. The second-order valence-electron chi connectivity index (χ2n) is 8.08. The predicted octanol–water partition coefficient (Wildman–Crippen LogP) is 8.00. The average Bonchev–Trinajstić information content (AvgIpc) is 2.74. The highest BCUT2D eigenvalue weighted by molar-refractivity contribution is 9.11. The van der Waals surface area contributed by atoms with Gasteiger partial charge in [-0.2, -0.15) is 8.78 Å². The summed E-state index contributed by atoms with van der Waals surface area (Å²) >= 11 is 3.58. The van der Waals surface area contributed by atoms with E-state index in [1.54, 1.807) is 0 Å². The van der Waals surface area contributed by atoms with E-state index in [1.165, 1.54) is 12.1 Å². The van der Waals surface area contributed by atoms with Crippen molar-refractivity contribution >= 4 is 21.8 Å². The van der Waals surface area contributed by atoms with E-state index in [-0.39, 0.29) is 12.1 Å². The minimum absolute atomic E-state index is 0.0461. The summed E-state index contributed by atoms with van der Waals surface area (Å²) < 4.78 is 42.7. The molecule has 0 atom stereocenters. The highest BCUT2D eigenvalue weighted by Crippen LogP contribution is 2.27. The lowest BCUT2D eigenvalue weighted by Gasteiger charge is -2.17. The van der Waals surface area contributed by atoms with E-state index >= 15 is 0 Å². The molecule has 0 aliphatic heterocycles. The number of hydrogen-bond donors (Lipinski definition) is 2. The van der Waals surface area contributed by atoms with Gasteiger partial charge in [0.1, 0.15) is 11.7 Å². The maximum absolute atomic E-state index is 14.7. The summed E-state index contributed by atoms with van der Waals surface area (Å²) in [6.45, 7) is 11.9. The Labute approximate surface area is 204 Å². The third kappa shape index (κ3) is 9.33. The molecule has 1 aromatic carbocycles. The SMILES string of the molecule is CCC/C=C/C(Br)=C\C(C(=NCc1cccc(C(N)(F)F)c1F)N/C(C)=C(\C)CC)=C(C)C. The van der Waals surface area contributed by atoms with Gasteiger partial charge in [0.25, 0.3) is 0 Å². The molecule has 0 bridgehead atoms. The van der Waals surface area contributed by atoms with E-state index < -0.39 is 17.4 Å². The van der Waals surface area contributed by atoms with Gasteiger partial charge >= 0.3 is 6.05 Å². The molecule has 0 unspecified atom stereocenters. The van der Waals surface area contributed by atoms with Crippen LogP contribution in [0.25, 0.3) is 0 Å². The summed E-state index contributed by atoms with van der Waals surface area (Å²) in [6.07, 6.45) is 8.88. The molecule has 0 amide bonds. The van der Waals surface area contributed by atoms with Crippen molar-refractivity contribution in [1.29, 1.82) is 0 Å². The zero-order chi connectivity index (χ0) is 25.2. The van der Waals surface area contributed by atoms with Gasteiger partial charge in [0.15, 0.2) is 0 Å². The van der Waals surface area contributed by atoms with Gasteiger partial charge in [0.2, 0.25) is 0 Å². The standard InChI is InChI=1S/C26H35BrF3N3/c1-7-9-10-13-21(27)15-22(17(3)4)25(33-19(6)18(5)8-2)32-16-20-12-11-14-23(24(20)28)26(29,30)31/h10-15H,7-9,16,31H2,1-6H3,(H,32,33)/b13-10+,19-18+,21-15+. The number of amidine groups is 1. The first-order valence-electron chi connectivity index (χ1n) is 11.1. The molecule has 0 heterocycles. The number of aliphatic imine (C=N–C) groups is 1. The largest absolute Gasteiger partial charge is 0.344 e. The lowest BCUT2D eigenvalue weighted by Crippen LogP contribution is -2.27. The third-order valence-electron chi connectivity index (χ3n) is 5.13. The van der Waals surface area contributed by atoms with Gasteiger partial charge in [0.05, 0.1) is 12.1 Å². The molecule has 1 aromatic rings. The number of unbranched alkanes of at least 4 members (excludes halogenated alkanes) is 1. The van der Waals surface area contributed by atoms with Crippen molar-refractivity contribution in [3.8, 4) is 0 Å². The number of rotatable bonds is 10. The van der Waals surface area contributed by atoms with Crippen LogP contribution in [-0.2, 0) is 12.6 Å². The quantitative estimate of drug-likeness (QED) is 0.141. The van der Waals surface area contributed by atoms with Crippen LogP contribution in [0.4, 0.5) is 13.2 Å². The van der Waals surface area contributed by atoms with Crippen molar-refractivity contribution in [3.05, 3.63) is 80.3 Å². The summed E-state index contributed by atoms with van der Waals surface area (Å²) in [6, 6.07) is 0.0304. The number of halogens is 4. The lowest BCUT2D eigenvalue weighted by atomic mass is 10.1. The van der Waals surface area contributed by atoms with Gasteiger partial charge in [-0.3, -0.25) is 10.7 Å². The number of nitrogens with two attached hydrogens (primary N) is 1. The Balaban J connectivity index is 3.51. The second-order valence-corrected chi connectivity index (χ2v) is 9.00. The Morgan fingerprint density at radius 3 is 2.39 bits per heavy atom. The Morgan fingerprint density at radius 2 is 1.85 bits per heavy atom. The highest BCUT2D eigenvalue weighted by Gasteiger charge is 2.30. The van der Waals surface area contributed by atoms with Crippen LogP contribution in [0.15, 0.2) is 68.3 Å². The zero-order valence-electron chi connectivity index (χ0n) is 20.3. The molecule has 3 nitrogen and oxygen atoms in total. The van der Waals surface area contributed by atoms with Gasteiger partial charge in [-0.25, -0.2) is 4.39 Å². The zero-order valence-corrected chi connectivity index (χ0v) is 21.9. The first kappa shape index (κ1) is 28.9. The molecule has 1 rings (SSSR count). The first-order chi connectivity index (χ1) is 15.4. The summed E-state index contributed by atoms with van der Waals surface area (Å²) in [5.74, 6) is -0.506. The molecule has 0 radical (unpaired) electrons. The molecule has 0 aliphatic carbocycles. The fourth-order valence-electron chi connectivity index (χ4n) is 2.86. The van der Waals surface area contributed by atoms with E-state index in [0.717, 1.165) is 52.2 Å². The Hall–Kier alpha value is -2.12. The third-order valence-corrected chi connectivity index (χ3v) is 5.62. The molecule has 0 aliphatic rings. The smallest absolute Gasteiger partial charge is 0.329 e. The lowest BCUT2D eigenvalue weighted by molar-refractivity contribution is -0.000740. The van der Waals surface area contributed by atoms with Crippen molar-refractivity contribution in [1.82, 2.24) is 5.32 Å². The topological polar surface area (TPSA) is 50.4 Å². The molecule has 3 N–H and O–H groups in total. The van der Waals surface area contributed by atoms with E-state index in [0.29, 0.717) is 5.84 Å². The van der Waals surface area contributed by atoms with E-state index in [2.05, 4.69) is 46.2 Å². The van der Waals surface area contributed by atoms with Gasteiger partial charge in [-0.1, -0.05) is 71.6 Å². The van der Waals surface area contributed by atoms with Crippen LogP contribution < -0.4 is 11.1 Å². The Morgan fingerprint density at radius 1 is 1.18 bits per heavy atom. The van der Waals surface area contributed by atoms with Gasteiger partial charge < -0.3 is 5.32 Å². The second kappa shape index (κ2) is 13.6. The molecule has 182 valence electrons. The van der Waals surface area contributed by atoms with Crippen molar-refractivity contribution in [2.45, 2.75) is 73.4 Å². The van der Waals surface area contributed by atoms with Crippen molar-refractivity contribution < 1.29 is 13.2 Å². The normalized spacial score (nSPS) is 13.9. The molecule has 0 fully saturated rings. The van der Waals surface area contributed by atoms with Gasteiger partial charge in [-0.05, 0) is 52.7 Å². The Kier molecular flexibility index (Phi) is 11.9. The monoisotopic (exact) mass is 525 g/mol. The summed E-state index contributed by atoms with van der Waals surface area (Å²) in [7, 11) is 0. The minimum Gasteiger partial charge on any atom is -0.344 e. The van der Waals surface area contributed by atoms with Crippen molar-refractivity contribution in [3.63, 3.8) is 0 Å². The number of nitrogens with one attached hydrogen (secondary N) is 1. The summed E-state index contributed by atoms with van der Waals surface area (Å²) in [5, 5.41) is 3.34. The number of alkyl halides is 2. The van der Waals surface area contributed by atoms with E-state index in [1.807, 2.05) is 39.8 Å². The molecular weight excluding hydrogens is 491 g/mol. The minimum atomic E-state index is -3.76. The van der Waals surface area contributed by atoms with Crippen LogP contribution >= 0.6 is 15.9 Å². The van der Waals surface area contributed by atoms with Crippen LogP contribution in [0.1, 0.15) is 71.9 Å². The van der Waals surface area contributed by atoms with Crippen molar-refractivity contribution in [2.24, 2.45) is 10.7 Å². The van der Waals surface area contributed by atoms with E-state index in [9.17, 15) is 13.2 Å². The maximum atomic E-state index is 14.7. The summed E-state index contributed by atoms with van der Waals surface area (Å²) in [5.41, 5.74) is 7.95. The molecular formula is C26H35BrF3N3. The van der Waals surface area contributed by atoms with Gasteiger partial charge in [-0.15, -0.1) is 0 Å². The fourth-order valence-corrected chi connectivity index (χ4v) is 3.28. The maximum Gasteiger partial charge on any atom is 0.329 e. The van der Waals surface area contributed by atoms with Crippen LogP contribution in [0, 0.1) is 5.82 Å². The fraction of sp³-hybridized carbons (Fsp3) is 0.423. The molecule has 0 aromatic heterocycles. The molecule has 33 heavy (non-hydrogen) atoms. The predicted molar refractivity (Wildman–Crippen MR) is 137 cm³/mol. The van der Waals surface area contributed by atoms with E-state index in [4.69, 9.17) is 5.73 Å².